The number of sulfone groups is 1. The summed E-state index contributed by atoms with van der Waals surface area (Å²) in [6.45, 7) is 1.61. The predicted octanol–water partition coefficient (Wildman–Crippen LogP) is -0.945. The summed E-state index contributed by atoms with van der Waals surface area (Å²) in [5, 5.41) is 2.91. The van der Waals surface area contributed by atoms with E-state index in [9.17, 15) is 16.8 Å². The Morgan fingerprint density at radius 2 is 1.88 bits per heavy atom. The molecule has 0 aliphatic carbocycles. The Bertz CT molecular complexity index is 629. The first-order valence-corrected chi connectivity index (χ1v) is 8.20. The topological polar surface area (TPSA) is 124 Å². The zero-order valence-corrected chi connectivity index (χ0v) is 11.3. The van der Waals surface area contributed by atoms with Crippen LogP contribution in [0.15, 0.2) is 0 Å². The monoisotopic (exact) mass is 282 g/mol. The number of rotatable bonds is 4. The normalized spacial score (nSPS) is 12.6. The van der Waals surface area contributed by atoms with Crippen LogP contribution in [0, 0.1) is 6.92 Å². The standard InChI is InChI=1S/C7H14N4O4S2/c1-5-6(8)7(11(2)9-5)10-17(14,15)4-16(3,12)13/h10H,4,8H2,1-3H3. The molecule has 98 valence electrons. The summed E-state index contributed by atoms with van der Waals surface area (Å²) < 4.78 is 48.3. The summed E-state index contributed by atoms with van der Waals surface area (Å²) in [7, 11) is -6.14. The van der Waals surface area contributed by atoms with Crippen molar-refractivity contribution in [3.05, 3.63) is 5.69 Å². The third kappa shape index (κ3) is 3.60. The molecule has 0 radical (unpaired) electrons. The number of aryl methyl sites for hydroxylation is 2. The maximum Gasteiger partial charge on any atom is 0.248 e. The average Bonchev–Trinajstić information content (AvgIpc) is 2.27. The van der Waals surface area contributed by atoms with E-state index in [-0.39, 0.29) is 11.5 Å². The van der Waals surface area contributed by atoms with Gasteiger partial charge >= 0.3 is 0 Å². The minimum absolute atomic E-state index is 0.0613. The molecule has 1 heterocycles. The Labute approximate surface area is 99.8 Å². The van der Waals surface area contributed by atoms with Crippen molar-refractivity contribution in [1.29, 1.82) is 0 Å². The Balaban J connectivity index is 3.07. The first kappa shape index (κ1) is 13.8. The van der Waals surface area contributed by atoms with Crippen LogP contribution in [0.1, 0.15) is 5.69 Å². The number of hydrogen-bond acceptors (Lipinski definition) is 6. The van der Waals surface area contributed by atoms with Crippen molar-refractivity contribution in [2.45, 2.75) is 6.92 Å². The number of nitrogens with zero attached hydrogens (tertiary/aromatic N) is 2. The van der Waals surface area contributed by atoms with Crippen LogP contribution in [0.4, 0.5) is 11.5 Å². The molecular weight excluding hydrogens is 268 g/mol. The van der Waals surface area contributed by atoms with Gasteiger partial charge < -0.3 is 5.73 Å². The number of nitrogens with two attached hydrogens (primary N) is 1. The highest BCUT2D eigenvalue weighted by atomic mass is 32.3. The van der Waals surface area contributed by atoms with Gasteiger partial charge in [0.2, 0.25) is 10.0 Å². The molecule has 0 amide bonds. The largest absolute Gasteiger partial charge is 0.394 e. The molecule has 3 N–H and O–H groups in total. The van der Waals surface area contributed by atoms with E-state index in [2.05, 4.69) is 9.82 Å². The molecule has 0 saturated carbocycles. The Morgan fingerprint density at radius 3 is 2.24 bits per heavy atom. The number of aromatic nitrogens is 2. The van der Waals surface area contributed by atoms with Gasteiger partial charge in [0.1, 0.15) is 0 Å². The lowest BCUT2D eigenvalue weighted by molar-refractivity contribution is 0.594. The van der Waals surface area contributed by atoms with E-state index in [0.29, 0.717) is 5.69 Å². The molecule has 0 aromatic carbocycles. The van der Waals surface area contributed by atoms with E-state index >= 15 is 0 Å². The lowest BCUT2D eigenvalue weighted by atomic mass is 10.4. The van der Waals surface area contributed by atoms with Gasteiger partial charge in [-0.05, 0) is 6.92 Å². The van der Waals surface area contributed by atoms with Gasteiger partial charge in [0.25, 0.3) is 0 Å². The summed E-state index contributed by atoms with van der Waals surface area (Å²) in [6.07, 6.45) is 0.837. The van der Waals surface area contributed by atoms with Crippen molar-refractivity contribution in [2.24, 2.45) is 7.05 Å². The van der Waals surface area contributed by atoms with Crippen LogP contribution in [0.5, 0.6) is 0 Å². The zero-order valence-electron chi connectivity index (χ0n) is 9.63. The third-order valence-electron chi connectivity index (χ3n) is 1.89. The molecule has 1 aromatic heterocycles. The maximum absolute atomic E-state index is 11.5. The molecule has 0 fully saturated rings. The molecule has 0 aliphatic heterocycles. The van der Waals surface area contributed by atoms with Gasteiger partial charge in [0.05, 0.1) is 11.4 Å². The van der Waals surface area contributed by atoms with Gasteiger partial charge in [0, 0.05) is 13.3 Å². The smallest absolute Gasteiger partial charge is 0.248 e. The molecular formula is C7H14N4O4S2. The maximum atomic E-state index is 11.5. The van der Waals surface area contributed by atoms with Gasteiger partial charge in [-0.15, -0.1) is 0 Å². The van der Waals surface area contributed by atoms with Crippen molar-refractivity contribution in [2.75, 3.05) is 21.8 Å². The van der Waals surface area contributed by atoms with Crippen molar-refractivity contribution < 1.29 is 16.8 Å². The third-order valence-corrected chi connectivity index (χ3v) is 5.35. The average molecular weight is 282 g/mol. The summed E-state index contributed by atoms with van der Waals surface area (Å²) in [5.74, 6) is 0.0613. The lowest BCUT2D eigenvalue weighted by Gasteiger charge is -2.07. The first-order valence-electron chi connectivity index (χ1n) is 4.49. The van der Waals surface area contributed by atoms with Crippen LogP contribution < -0.4 is 10.5 Å². The van der Waals surface area contributed by atoms with E-state index < -0.39 is 24.9 Å². The van der Waals surface area contributed by atoms with Crippen molar-refractivity contribution in [3.8, 4) is 0 Å². The molecule has 0 bridgehead atoms. The van der Waals surface area contributed by atoms with Gasteiger partial charge in [-0.1, -0.05) is 0 Å². The van der Waals surface area contributed by atoms with Crippen molar-refractivity contribution in [1.82, 2.24) is 9.78 Å². The predicted molar refractivity (Wildman–Crippen MR) is 64.6 cm³/mol. The molecule has 17 heavy (non-hydrogen) atoms. The molecule has 10 heteroatoms. The summed E-state index contributed by atoms with van der Waals surface area (Å²) in [5.41, 5.74) is 6.25. The second-order valence-electron chi connectivity index (χ2n) is 3.73. The molecule has 0 unspecified atom stereocenters. The summed E-state index contributed by atoms with van der Waals surface area (Å²) in [6, 6.07) is 0. The molecule has 0 atom stereocenters. The Kier molecular flexibility index (Phi) is 3.39. The molecule has 0 saturated heterocycles. The first-order chi connectivity index (χ1) is 7.52. The van der Waals surface area contributed by atoms with Crippen LogP contribution in [0.2, 0.25) is 0 Å². The number of sulfonamides is 1. The van der Waals surface area contributed by atoms with Crippen LogP contribution >= 0.6 is 0 Å². The molecule has 8 nitrogen and oxygen atoms in total. The highest BCUT2D eigenvalue weighted by Gasteiger charge is 2.21. The second kappa shape index (κ2) is 4.18. The zero-order chi connectivity index (χ0) is 13.4. The van der Waals surface area contributed by atoms with E-state index in [0.717, 1.165) is 6.26 Å². The molecule has 1 aromatic rings. The van der Waals surface area contributed by atoms with Gasteiger partial charge in [-0.3, -0.25) is 4.72 Å². The van der Waals surface area contributed by atoms with Crippen LogP contribution in [-0.2, 0) is 26.9 Å². The van der Waals surface area contributed by atoms with Gasteiger partial charge in [0.15, 0.2) is 20.7 Å². The van der Waals surface area contributed by atoms with Crippen LogP contribution in [0.25, 0.3) is 0 Å². The minimum Gasteiger partial charge on any atom is -0.394 e. The highest BCUT2D eigenvalue weighted by molar-refractivity contribution is 8.08. The van der Waals surface area contributed by atoms with Crippen molar-refractivity contribution >= 4 is 31.4 Å². The van der Waals surface area contributed by atoms with Crippen LogP contribution in [0.3, 0.4) is 0 Å². The van der Waals surface area contributed by atoms with Crippen LogP contribution in [-0.4, -0.2) is 38.0 Å². The summed E-state index contributed by atoms with van der Waals surface area (Å²) >= 11 is 0. The number of nitrogen functional groups attached to an aromatic ring is 1. The van der Waals surface area contributed by atoms with Gasteiger partial charge in [-0.25, -0.2) is 21.5 Å². The second-order valence-corrected chi connectivity index (χ2v) is 7.96. The van der Waals surface area contributed by atoms with E-state index in [1.807, 2.05) is 0 Å². The SMILES string of the molecule is Cc1nn(C)c(NS(=O)(=O)CS(C)(=O)=O)c1N. The number of anilines is 2. The number of nitrogens with one attached hydrogen (secondary N) is 1. The number of hydrogen-bond donors (Lipinski definition) is 2. The lowest BCUT2D eigenvalue weighted by Crippen LogP contribution is -2.23. The van der Waals surface area contributed by atoms with Gasteiger partial charge in [-0.2, -0.15) is 5.10 Å². The van der Waals surface area contributed by atoms with E-state index in [4.69, 9.17) is 5.73 Å². The quantitative estimate of drug-likeness (QED) is 0.734. The highest BCUT2D eigenvalue weighted by Crippen LogP contribution is 2.22. The summed E-state index contributed by atoms with van der Waals surface area (Å²) in [4.78, 5) is 0. The van der Waals surface area contributed by atoms with E-state index in [1.165, 1.54) is 11.7 Å². The molecule has 1 rings (SSSR count). The fraction of sp³-hybridized carbons (Fsp3) is 0.571. The minimum atomic E-state index is -4.00. The Morgan fingerprint density at radius 1 is 1.35 bits per heavy atom. The fourth-order valence-corrected chi connectivity index (χ4v) is 4.28. The molecule has 0 aliphatic rings. The van der Waals surface area contributed by atoms with Crippen molar-refractivity contribution in [3.63, 3.8) is 0 Å². The fourth-order valence-electron chi connectivity index (χ4n) is 1.25. The Hall–Kier alpha value is -1.29. The molecule has 0 spiro atoms. The van der Waals surface area contributed by atoms with E-state index in [1.54, 1.807) is 6.92 Å².